The number of aromatic amines is 1. The molecule has 0 fully saturated rings. The quantitative estimate of drug-likeness (QED) is 0.637. The average Bonchev–Trinajstić information content (AvgIpc) is 2.30. The minimum atomic E-state index is -0.112. The van der Waals surface area contributed by atoms with Crippen molar-refractivity contribution in [1.29, 1.82) is 0 Å². The summed E-state index contributed by atoms with van der Waals surface area (Å²) in [7, 11) is 0. The van der Waals surface area contributed by atoms with Crippen molar-refractivity contribution < 1.29 is 0 Å². The SMILES string of the molecule is CCc1nn(CC)c(=O)[nH]1. The lowest BCUT2D eigenvalue weighted by Gasteiger charge is -1.87. The molecule has 10 heavy (non-hydrogen) atoms. The molecule has 0 aliphatic carbocycles. The summed E-state index contributed by atoms with van der Waals surface area (Å²) in [5, 5.41) is 4.00. The minimum Gasteiger partial charge on any atom is -0.293 e. The Bertz CT molecular complexity index is 260. The molecule has 4 nitrogen and oxygen atoms in total. The molecule has 56 valence electrons. The van der Waals surface area contributed by atoms with Crippen LogP contribution in [0.4, 0.5) is 0 Å². The van der Waals surface area contributed by atoms with Gasteiger partial charge in [-0.05, 0) is 6.92 Å². The first-order valence-corrected chi connectivity index (χ1v) is 3.44. The molecular weight excluding hydrogens is 130 g/mol. The lowest BCUT2D eigenvalue weighted by molar-refractivity contribution is 0.626. The van der Waals surface area contributed by atoms with E-state index in [0.29, 0.717) is 6.54 Å². The van der Waals surface area contributed by atoms with Crippen LogP contribution in [-0.4, -0.2) is 14.8 Å². The van der Waals surface area contributed by atoms with Gasteiger partial charge in [-0.1, -0.05) is 6.92 Å². The Morgan fingerprint density at radius 2 is 2.30 bits per heavy atom. The summed E-state index contributed by atoms with van der Waals surface area (Å²) < 4.78 is 1.42. The Morgan fingerprint density at radius 3 is 2.60 bits per heavy atom. The lowest BCUT2D eigenvalue weighted by Crippen LogP contribution is -2.16. The van der Waals surface area contributed by atoms with Gasteiger partial charge >= 0.3 is 5.69 Å². The molecule has 1 aromatic heterocycles. The lowest BCUT2D eigenvalue weighted by atomic mass is 10.5. The molecule has 0 saturated carbocycles. The van der Waals surface area contributed by atoms with Crippen molar-refractivity contribution in [1.82, 2.24) is 14.8 Å². The second kappa shape index (κ2) is 2.68. The third kappa shape index (κ3) is 1.10. The van der Waals surface area contributed by atoms with Gasteiger partial charge in [0.25, 0.3) is 0 Å². The van der Waals surface area contributed by atoms with E-state index in [1.165, 1.54) is 4.68 Å². The molecule has 0 amide bonds. The van der Waals surface area contributed by atoms with E-state index in [9.17, 15) is 4.79 Å². The van der Waals surface area contributed by atoms with Crippen molar-refractivity contribution in [3.05, 3.63) is 16.3 Å². The van der Waals surface area contributed by atoms with E-state index in [4.69, 9.17) is 0 Å². The molecule has 0 aliphatic heterocycles. The summed E-state index contributed by atoms with van der Waals surface area (Å²) in [6.07, 6.45) is 0.780. The molecule has 1 heterocycles. The number of hydrogen-bond acceptors (Lipinski definition) is 2. The maximum atomic E-state index is 10.9. The first kappa shape index (κ1) is 7.05. The Kier molecular flexibility index (Phi) is 1.89. The highest BCUT2D eigenvalue weighted by Gasteiger charge is 1.98. The molecule has 4 heteroatoms. The molecule has 0 radical (unpaired) electrons. The fourth-order valence-corrected chi connectivity index (χ4v) is 0.778. The third-order valence-corrected chi connectivity index (χ3v) is 1.36. The Balaban J connectivity index is 3.04. The molecule has 1 N–H and O–H groups in total. The van der Waals surface area contributed by atoms with Crippen LogP contribution < -0.4 is 5.69 Å². The van der Waals surface area contributed by atoms with Gasteiger partial charge in [-0.25, -0.2) is 9.48 Å². The van der Waals surface area contributed by atoms with Crippen LogP contribution in [0.2, 0.25) is 0 Å². The predicted octanol–water partition coefficient (Wildman–Crippen LogP) is 0.154. The number of hydrogen-bond donors (Lipinski definition) is 1. The molecule has 0 aliphatic rings. The van der Waals surface area contributed by atoms with Crippen LogP contribution in [0, 0.1) is 0 Å². The second-order valence-electron chi connectivity index (χ2n) is 2.05. The summed E-state index contributed by atoms with van der Waals surface area (Å²) >= 11 is 0. The molecule has 1 rings (SSSR count). The van der Waals surface area contributed by atoms with Crippen LogP contribution in [0.5, 0.6) is 0 Å². The number of nitrogens with one attached hydrogen (secondary N) is 1. The van der Waals surface area contributed by atoms with Crippen LogP contribution in [0.1, 0.15) is 19.7 Å². The standard InChI is InChI=1S/C6H11N3O/c1-3-5-7-6(10)9(4-2)8-5/h3-4H2,1-2H3,(H,7,8,10). The van der Waals surface area contributed by atoms with Crippen molar-refractivity contribution in [3.8, 4) is 0 Å². The second-order valence-corrected chi connectivity index (χ2v) is 2.05. The van der Waals surface area contributed by atoms with Crippen molar-refractivity contribution in [2.45, 2.75) is 26.8 Å². The van der Waals surface area contributed by atoms with Gasteiger partial charge in [0.15, 0.2) is 0 Å². The van der Waals surface area contributed by atoms with Crippen LogP contribution in [0.15, 0.2) is 4.79 Å². The maximum Gasteiger partial charge on any atom is 0.343 e. The molecule has 0 saturated heterocycles. The minimum absolute atomic E-state index is 0.112. The first-order valence-electron chi connectivity index (χ1n) is 3.44. The van der Waals surface area contributed by atoms with Gasteiger partial charge in [0.05, 0.1) is 0 Å². The highest BCUT2D eigenvalue weighted by molar-refractivity contribution is 4.79. The van der Waals surface area contributed by atoms with Crippen molar-refractivity contribution >= 4 is 0 Å². The highest BCUT2D eigenvalue weighted by Crippen LogP contribution is 1.84. The normalized spacial score (nSPS) is 10.2. The summed E-state index contributed by atoms with van der Waals surface area (Å²) in [4.78, 5) is 13.5. The fraction of sp³-hybridized carbons (Fsp3) is 0.667. The monoisotopic (exact) mass is 141 g/mol. The van der Waals surface area contributed by atoms with Gasteiger partial charge in [0, 0.05) is 13.0 Å². The van der Waals surface area contributed by atoms with Gasteiger partial charge < -0.3 is 0 Å². The number of aryl methyl sites for hydroxylation is 2. The smallest absolute Gasteiger partial charge is 0.293 e. The highest BCUT2D eigenvalue weighted by atomic mass is 16.1. The Labute approximate surface area is 58.9 Å². The zero-order valence-electron chi connectivity index (χ0n) is 6.22. The van der Waals surface area contributed by atoms with E-state index >= 15 is 0 Å². The molecule has 0 spiro atoms. The number of aromatic nitrogens is 3. The zero-order valence-corrected chi connectivity index (χ0v) is 6.22. The maximum absolute atomic E-state index is 10.9. The number of H-pyrrole nitrogens is 1. The van der Waals surface area contributed by atoms with E-state index in [0.717, 1.165) is 12.2 Å². The van der Waals surface area contributed by atoms with Crippen LogP contribution >= 0.6 is 0 Å². The molecule has 0 atom stereocenters. The summed E-state index contributed by atoms with van der Waals surface area (Å²) in [5.74, 6) is 0.756. The molecule has 0 bridgehead atoms. The number of rotatable bonds is 2. The van der Waals surface area contributed by atoms with E-state index < -0.39 is 0 Å². The van der Waals surface area contributed by atoms with Crippen LogP contribution in [-0.2, 0) is 13.0 Å². The summed E-state index contributed by atoms with van der Waals surface area (Å²) in [5.41, 5.74) is -0.112. The molecule has 0 aromatic carbocycles. The summed E-state index contributed by atoms with van der Waals surface area (Å²) in [6, 6.07) is 0. The van der Waals surface area contributed by atoms with Crippen LogP contribution in [0.25, 0.3) is 0 Å². The van der Waals surface area contributed by atoms with Crippen molar-refractivity contribution in [3.63, 3.8) is 0 Å². The van der Waals surface area contributed by atoms with Crippen molar-refractivity contribution in [2.75, 3.05) is 0 Å². The zero-order chi connectivity index (χ0) is 7.56. The van der Waals surface area contributed by atoms with Crippen molar-refractivity contribution in [2.24, 2.45) is 0 Å². The number of nitrogens with zero attached hydrogens (tertiary/aromatic N) is 2. The van der Waals surface area contributed by atoms with Gasteiger partial charge in [-0.2, -0.15) is 5.10 Å². The Morgan fingerprint density at radius 1 is 1.60 bits per heavy atom. The molecule has 1 aromatic rings. The summed E-state index contributed by atoms with van der Waals surface area (Å²) in [6.45, 7) is 4.48. The van der Waals surface area contributed by atoms with Crippen LogP contribution in [0.3, 0.4) is 0 Å². The van der Waals surface area contributed by atoms with E-state index in [2.05, 4.69) is 10.1 Å². The van der Waals surface area contributed by atoms with Gasteiger partial charge in [-0.3, -0.25) is 4.98 Å². The fourth-order valence-electron chi connectivity index (χ4n) is 0.778. The van der Waals surface area contributed by atoms with Gasteiger partial charge in [0.2, 0.25) is 0 Å². The topological polar surface area (TPSA) is 50.7 Å². The van der Waals surface area contributed by atoms with Gasteiger partial charge in [0.1, 0.15) is 5.82 Å². The first-order chi connectivity index (χ1) is 4.77. The van der Waals surface area contributed by atoms with E-state index in [-0.39, 0.29) is 5.69 Å². The van der Waals surface area contributed by atoms with Gasteiger partial charge in [-0.15, -0.1) is 0 Å². The van der Waals surface area contributed by atoms with E-state index in [1.54, 1.807) is 0 Å². The molecular formula is C6H11N3O. The van der Waals surface area contributed by atoms with E-state index in [1.807, 2.05) is 13.8 Å². The average molecular weight is 141 g/mol. The molecule has 0 unspecified atom stereocenters. The largest absolute Gasteiger partial charge is 0.343 e. The third-order valence-electron chi connectivity index (χ3n) is 1.36. The predicted molar refractivity (Wildman–Crippen MR) is 37.9 cm³/mol. The Hall–Kier alpha value is -1.06.